The summed E-state index contributed by atoms with van der Waals surface area (Å²) in [6.45, 7) is 2.22. The van der Waals surface area contributed by atoms with Crippen LogP contribution < -0.4 is 0 Å². The Kier molecular flexibility index (Phi) is 6.58. The summed E-state index contributed by atoms with van der Waals surface area (Å²) in [5, 5.41) is 0. The van der Waals surface area contributed by atoms with E-state index >= 15 is 0 Å². The quantitative estimate of drug-likeness (QED) is 0.461. The van der Waals surface area contributed by atoms with Gasteiger partial charge < -0.3 is 0 Å². The fourth-order valence-electron chi connectivity index (χ4n) is 0.178. The van der Waals surface area contributed by atoms with Crippen LogP contribution in [0.3, 0.4) is 0 Å². The molecule has 1 unspecified atom stereocenters. The summed E-state index contributed by atoms with van der Waals surface area (Å²) in [7, 11) is 0. The first kappa shape index (κ1) is 9.19. The SMILES string of the molecule is CCC(I)C(I)I. The lowest BCUT2D eigenvalue weighted by atomic mass is 10.4. The molecule has 0 aliphatic heterocycles. The predicted molar refractivity (Wildman–Crippen MR) is 59.9 cm³/mol. The van der Waals surface area contributed by atoms with Crippen molar-refractivity contribution in [1.82, 2.24) is 0 Å². The van der Waals surface area contributed by atoms with E-state index < -0.39 is 0 Å². The number of hydrogen-bond acceptors (Lipinski definition) is 0. The van der Waals surface area contributed by atoms with E-state index in [0.717, 1.165) is 5.86 Å². The lowest BCUT2D eigenvalue weighted by Gasteiger charge is -2.05. The highest BCUT2D eigenvalue weighted by molar-refractivity contribution is 14.2. The van der Waals surface area contributed by atoms with Gasteiger partial charge in [0.25, 0.3) is 0 Å². The molecule has 0 radical (unpaired) electrons. The zero-order valence-electron chi connectivity index (χ0n) is 4.00. The van der Waals surface area contributed by atoms with E-state index in [-0.39, 0.29) is 0 Å². The first-order valence-electron chi connectivity index (χ1n) is 2.10. The fraction of sp³-hybridized carbons (Fsp3) is 1.00. The van der Waals surface area contributed by atoms with E-state index in [4.69, 9.17) is 0 Å². The lowest BCUT2D eigenvalue weighted by molar-refractivity contribution is 0.948. The van der Waals surface area contributed by atoms with Crippen LogP contribution in [0, 0.1) is 0 Å². The second-order valence-electron chi connectivity index (χ2n) is 1.26. The van der Waals surface area contributed by atoms with Gasteiger partial charge in [-0.1, -0.05) is 74.7 Å². The van der Waals surface area contributed by atoms with Gasteiger partial charge in [-0.25, -0.2) is 0 Å². The number of hydrogen-bond donors (Lipinski definition) is 0. The van der Waals surface area contributed by atoms with Crippen molar-refractivity contribution < 1.29 is 0 Å². The highest BCUT2D eigenvalue weighted by Crippen LogP contribution is 2.23. The molecule has 0 bridgehead atoms. The van der Waals surface area contributed by atoms with Gasteiger partial charge in [-0.05, 0) is 6.42 Å². The van der Waals surface area contributed by atoms with Crippen LogP contribution in [0.1, 0.15) is 13.3 Å². The van der Waals surface area contributed by atoms with Crippen LogP contribution in [-0.2, 0) is 0 Å². The molecule has 0 spiro atoms. The maximum Gasteiger partial charge on any atom is 0.0743 e. The van der Waals surface area contributed by atoms with Crippen LogP contribution in [0.15, 0.2) is 0 Å². The van der Waals surface area contributed by atoms with E-state index in [1.807, 2.05) is 0 Å². The number of halogens is 3. The summed E-state index contributed by atoms with van der Waals surface area (Å²) in [5.41, 5.74) is 0. The molecule has 44 valence electrons. The van der Waals surface area contributed by atoms with Crippen LogP contribution in [0.4, 0.5) is 0 Å². The standard InChI is InChI=1S/C4H7I3/c1-2-3(5)4(6)7/h3-4H,2H2,1H3. The molecular formula is C4H7I3. The summed E-state index contributed by atoms with van der Waals surface area (Å²) in [4.78, 5) is 0. The highest BCUT2D eigenvalue weighted by atomic mass is 127. The summed E-state index contributed by atoms with van der Waals surface area (Å²) in [5.74, 6) is 0. The number of alkyl halides is 3. The Balaban J connectivity index is 3.14. The smallest absolute Gasteiger partial charge is 0.0743 e. The van der Waals surface area contributed by atoms with Crippen molar-refractivity contribution in [2.75, 3.05) is 0 Å². The van der Waals surface area contributed by atoms with E-state index in [0.29, 0.717) is 0 Å². The van der Waals surface area contributed by atoms with Crippen LogP contribution in [0.2, 0.25) is 0 Å². The van der Waals surface area contributed by atoms with E-state index in [1.54, 1.807) is 0 Å². The molecule has 0 saturated carbocycles. The van der Waals surface area contributed by atoms with Crippen LogP contribution >= 0.6 is 67.8 Å². The average Bonchev–Trinajstić information content (AvgIpc) is 1.65. The van der Waals surface area contributed by atoms with Gasteiger partial charge in [0, 0.05) is 3.92 Å². The van der Waals surface area contributed by atoms with Gasteiger partial charge in [0.15, 0.2) is 0 Å². The summed E-state index contributed by atoms with van der Waals surface area (Å²) >= 11 is 7.38. The summed E-state index contributed by atoms with van der Waals surface area (Å²) in [6, 6.07) is 0. The van der Waals surface area contributed by atoms with Crippen molar-refractivity contribution in [1.29, 1.82) is 0 Å². The molecule has 0 heterocycles. The molecule has 0 aliphatic carbocycles. The molecule has 0 aromatic rings. The van der Waals surface area contributed by atoms with Crippen molar-refractivity contribution in [2.24, 2.45) is 0 Å². The van der Waals surface area contributed by atoms with Crippen molar-refractivity contribution in [2.45, 2.75) is 19.2 Å². The third-order valence-electron chi connectivity index (χ3n) is 0.663. The Morgan fingerprint density at radius 3 is 1.71 bits per heavy atom. The zero-order valence-corrected chi connectivity index (χ0v) is 10.5. The van der Waals surface area contributed by atoms with Gasteiger partial charge in [0.2, 0.25) is 0 Å². The Hall–Kier alpha value is 2.19. The Labute approximate surface area is 85.6 Å². The topological polar surface area (TPSA) is 0 Å². The summed E-state index contributed by atoms with van der Waals surface area (Å²) in [6.07, 6.45) is 1.29. The molecule has 0 amide bonds. The Morgan fingerprint density at radius 1 is 1.29 bits per heavy atom. The second-order valence-corrected chi connectivity index (χ2v) is 7.93. The molecule has 0 aromatic carbocycles. The lowest BCUT2D eigenvalue weighted by Crippen LogP contribution is -2.02. The molecule has 1 atom stereocenters. The van der Waals surface area contributed by atoms with Gasteiger partial charge >= 0.3 is 0 Å². The molecule has 0 rings (SSSR count). The molecule has 0 N–H and O–H groups in total. The van der Waals surface area contributed by atoms with Gasteiger partial charge in [-0.2, -0.15) is 0 Å². The maximum atomic E-state index is 2.48. The number of rotatable bonds is 2. The molecule has 0 aliphatic rings. The Bertz CT molecular complexity index is 44.2. The monoisotopic (exact) mass is 436 g/mol. The minimum Gasteiger partial charge on any atom is -0.0806 e. The van der Waals surface area contributed by atoms with Gasteiger partial charge in [0.1, 0.15) is 0 Å². The first-order valence-corrected chi connectivity index (χ1v) is 5.84. The van der Waals surface area contributed by atoms with Crippen molar-refractivity contribution in [3.63, 3.8) is 0 Å². The highest BCUT2D eigenvalue weighted by Gasteiger charge is 2.07. The predicted octanol–water partition coefficient (Wildman–Crippen LogP) is 3.40. The molecule has 7 heavy (non-hydrogen) atoms. The van der Waals surface area contributed by atoms with Crippen LogP contribution in [0.5, 0.6) is 0 Å². The summed E-state index contributed by atoms with van der Waals surface area (Å²) < 4.78 is 1.64. The molecular weight excluding hydrogens is 429 g/mol. The minimum absolute atomic E-state index is 0.792. The first-order chi connectivity index (χ1) is 3.18. The average molecular weight is 436 g/mol. The van der Waals surface area contributed by atoms with Crippen molar-refractivity contribution >= 4 is 67.8 Å². The van der Waals surface area contributed by atoms with Gasteiger partial charge in [0.05, 0.1) is 1.93 Å². The van der Waals surface area contributed by atoms with Gasteiger partial charge in [-0.15, -0.1) is 0 Å². The zero-order chi connectivity index (χ0) is 5.86. The molecule has 0 saturated heterocycles. The van der Waals surface area contributed by atoms with Crippen molar-refractivity contribution in [3.05, 3.63) is 0 Å². The van der Waals surface area contributed by atoms with E-state index in [2.05, 4.69) is 74.7 Å². The maximum absolute atomic E-state index is 2.48. The van der Waals surface area contributed by atoms with E-state index in [1.165, 1.54) is 6.42 Å². The molecule has 0 nitrogen and oxygen atoms in total. The molecule has 0 aromatic heterocycles. The van der Waals surface area contributed by atoms with Crippen LogP contribution in [0.25, 0.3) is 0 Å². The molecule has 0 fully saturated rings. The van der Waals surface area contributed by atoms with Gasteiger partial charge in [-0.3, -0.25) is 0 Å². The van der Waals surface area contributed by atoms with Crippen molar-refractivity contribution in [3.8, 4) is 0 Å². The third kappa shape index (κ3) is 4.68. The normalized spacial score (nSPS) is 15.0. The second kappa shape index (κ2) is 5.01. The minimum atomic E-state index is 0.792. The third-order valence-corrected chi connectivity index (χ3v) is 6.75. The Morgan fingerprint density at radius 2 is 1.71 bits per heavy atom. The van der Waals surface area contributed by atoms with E-state index in [9.17, 15) is 0 Å². The molecule has 3 heteroatoms. The van der Waals surface area contributed by atoms with Crippen LogP contribution in [-0.4, -0.2) is 5.86 Å². The fourth-order valence-corrected chi connectivity index (χ4v) is 1.20. The largest absolute Gasteiger partial charge is 0.0806 e.